The smallest absolute Gasteiger partial charge is 0.318 e. The van der Waals surface area contributed by atoms with Crippen LogP contribution in [-0.2, 0) is 9.68 Å². The molecule has 8 heavy (non-hydrogen) atoms. The minimum absolute atomic E-state index is 0.472. The molecule has 0 amide bonds. The summed E-state index contributed by atoms with van der Waals surface area (Å²) in [6.45, 7) is 1.72. The Balaban J connectivity index is 3.46. The fraction of sp³-hybridized carbons (Fsp3) is 0.750. The molecule has 0 aromatic heterocycles. The Kier molecular flexibility index (Phi) is 3.14. The standard InChI is InChI=1S/C4H9NO3/c1-2-3(5)4(6)8-7/h3,7H,2,5H2,1H3/t3-/m1/s1. The molecule has 4 heteroatoms. The van der Waals surface area contributed by atoms with Gasteiger partial charge in [-0.2, -0.15) is 5.26 Å². The summed E-state index contributed by atoms with van der Waals surface area (Å²) in [5.74, 6) is -0.785. The van der Waals surface area contributed by atoms with E-state index >= 15 is 0 Å². The first-order valence-electron chi connectivity index (χ1n) is 2.33. The van der Waals surface area contributed by atoms with Crippen LogP contribution in [-0.4, -0.2) is 17.3 Å². The van der Waals surface area contributed by atoms with E-state index in [0.717, 1.165) is 0 Å². The van der Waals surface area contributed by atoms with E-state index in [4.69, 9.17) is 11.0 Å². The van der Waals surface area contributed by atoms with Crippen molar-refractivity contribution in [2.75, 3.05) is 0 Å². The minimum Gasteiger partial charge on any atom is -0.318 e. The predicted molar refractivity (Wildman–Crippen MR) is 27.0 cm³/mol. The number of nitrogens with two attached hydrogens (primary N) is 1. The topological polar surface area (TPSA) is 72.6 Å². The van der Waals surface area contributed by atoms with Crippen LogP contribution in [0.3, 0.4) is 0 Å². The molecule has 0 unspecified atom stereocenters. The summed E-state index contributed by atoms with van der Waals surface area (Å²) in [7, 11) is 0. The molecule has 48 valence electrons. The fourth-order valence-electron chi connectivity index (χ4n) is 0.234. The third-order valence-corrected chi connectivity index (χ3v) is 0.833. The lowest BCUT2D eigenvalue weighted by Gasteiger charge is -2.00. The van der Waals surface area contributed by atoms with Crippen LogP contribution in [0.15, 0.2) is 0 Å². The molecule has 0 aliphatic rings. The maximum atomic E-state index is 10.1. The van der Waals surface area contributed by atoms with Crippen LogP contribution >= 0.6 is 0 Å². The summed E-state index contributed by atoms with van der Waals surface area (Å²) in [5, 5.41) is 7.71. The second kappa shape index (κ2) is 3.40. The third-order valence-electron chi connectivity index (χ3n) is 0.833. The monoisotopic (exact) mass is 119 g/mol. The van der Waals surface area contributed by atoms with Crippen LogP contribution in [0.4, 0.5) is 0 Å². The molecule has 0 fully saturated rings. The Labute approximate surface area is 47.2 Å². The molecule has 0 spiro atoms. The van der Waals surface area contributed by atoms with E-state index in [-0.39, 0.29) is 0 Å². The van der Waals surface area contributed by atoms with Gasteiger partial charge in [0.15, 0.2) is 0 Å². The van der Waals surface area contributed by atoms with E-state index in [9.17, 15) is 4.79 Å². The second-order valence-electron chi connectivity index (χ2n) is 1.43. The molecule has 0 aliphatic heterocycles. The lowest BCUT2D eigenvalue weighted by molar-refractivity contribution is -0.235. The van der Waals surface area contributed by atoms with Crippen molar-refractivity contribution in [1.82, 2.24) is 0 Å². The Hall–Kier alpha value is -0.610. The zero-order chi connectivity index (χ0) is 6.57. The Morgan fingerprint density at radius 3 is 2.62 bits per heavy atom. The fourth-order valence-corrected chi connectivity index (χ4v) is 0.234. The zero-order valence-electron chi connectivity index (χ0n) is 4.63. The van der Waals surface area contributed by atoms with Crippen molar-refractivity contribution in [3.63, 3.8) is 0 Å². The molecular weight excluding hydrogens is 110 g/mol. The number of carbonyl (C=O) groups excluding carboxylic acids is 1. The summed E-state index contributed by atoms with van der Waals surface area (Å²) < 4.78 is 0. The molecule has 0 saturated carbocycles. The van der Waals surface area contributed by atoms with Crippen molar-refractivity contribution >= 4 is 5.97 Å². The molecule has 1 atom stereocenters. The van der Waals surface area contributed by atoms with Gasteiger partial charge in [0.1, 0.15) is 6.04 Å². The normalized spacial score (nSPS) is 12.9. The summed E-state index contributed by atoms with van der Waals surface area (Å²) in [6.07, 6.45) is 0.472. The molecular formula is C4H9NO3. The first-order valence-corrected chi connectivity index (χ1v) is 2.33. The Morgan fingerprint density at radius 1 is 2.00 bits per heavy atom. The predicted octanol–water partition coefficient (Wildman–Crippen LogP) is -0.260. The van der Waals surface area contributed by atoms with Gasteiger partial charge >= 0.3 is 5.97 Å². The minimum atomic E-state index is -0.785. The van der Waals surface area contributed by atoms with E-state index in [1.807, 2.05) is 0 Å². The molecule has 0 rings (SSSR count). The van der Waals surface area contributed by atoms with Gasteiger partial charge in [0.2, 0.25) is 0 Å². The SMILES string of the molecule is CC[C@@H](N)C(=O)OO. The molecule has 0 aromatic rings. The van der Waals surface area contributed by atoms with Gasteiger partial charge in [0.05, 0.1) is 0 Å². The highest BCUT2D eigenvalue weighted by Gasteiger charge is 2.10. The lowest BCUT2D eigenvalue weighted by Crippen LogP contribution is -2.30. The van der Waals surface area contributed by atoms with Crippen molar-refractivity contribution < 1.29 is 14.9 Å². The van der Waals surface area contributed by atoms with E-state index in [2.05, 4.69) is 4.89 Å². The molecule has 0 aliphatic carbocycles. The maximum absolute atomic E-state index is 10.1. The average molecular weight is 119 g/mol. The van der Waals surface area contributed by atoms with Crippen molar-refractivity contribution in [3.05, 3.63) is 0 Å². The van der Waals surface area contributed by atoms with Crippen LogP contribution < -0.4 is 5.73 Å². The van der Waals surface area contributed by atoms with Crippen molar-refractivity contribution in [2.24, 2.45) is 5.73 Å². The van der Waals surface area contributed by atoms with Gasteiger partial charge in [-0.25, -0.2) is 4.79 Å². The van der Waals surface area contributed by atoms with Gasteiger partial charge in [-0.05, 0) is 6.42 Å². The van der Waals surface area contributed by atoms with Crippen LogP contribution in [0.1, 0.15) is 13.3 Å². The van der Waals surface area contributed by atoms with Crippen LogP contribution in [0, 0.1) is 0 Å². The average Bonchev–Trinajstić information content (AvgIpc) is 1.84. The number of hydrogen-bond acceptors (Lipinski definition) is 4. The van der Waals surface area contributed by atoms with Crippen LogP contribution in [0.5, 0.6) is 0 Å². The highest BCUT2D eigenvalue weighted by Crippen LogP contribution is 1.86. The van der Waals surface area contributed by atoms with E-state index < -0.39 is 12.0 Å². The molecule has 0 aromatic carbocycles. The van der Waals surface area contributed by atoms with Gasteiger partial charge < -0.3 is 5.73 Å². The van der Waals surface area contributed by atoms with Crippen molar-refractivity contribution in [3.8, 4) is 0 Å². The van der Waals surface area contributed by atoms with E-state index in [1.165, 1.54) is 0 Å². The number of rotatable bonds is 2. The molecule has 0 bridgehead atoms. The summed E-state index contributed by atoms with van der Waals surface area (Å²) in [4.78, 5) is 13.5. The third kappa shape index (κ3) is 1.90. The second-order valence-corrected chi connectivity index (χ2v) is 1.43. The summed E-state index contributed by atoms with van der Waals surface area (Å²) in [6, 6.07) is -0.694. The van der Waals surface area contributed by atoms with Gasteiger partial charge in [0, 0.05) is 0 Å². The Morgan fingerprint density at radius 2 is 2.50 bits per heavy atom. The highest BCUT2D eigenvalue weighted by atomic mass is 17.1. The number of hydrogen-bond donors (Lipinski definition) is 2. The molecule has 0 saturated heterocycles. The van der Waals surface area contributed by atoms with Crippen molar-refractivity contribution in [2.45, 2.75) is 19.4 Å². The van der Waals surface area contributed by atoms with Crippen molar-refractivity contribution in [1.29, 1.82) is 0 Å². The first kappa shape index (κ1) is 7.39. The molecule has 0 radical (unpaired) electrons. The van der Waals surface area contributed by atoms with Gasteiger partial charge in [-0.3, -0.25) is 4.89 Å². The molecule has 3 N–H and O–H groups in total. The van der Waals surface area contributed by atoms with Crippen LogP contribution in [0.25, 0.3) is 0 Å². The van der Waals surface area contributed by atoms with E-state index in [0.29, 0.717) is 6.42 Å². The quantitative estimate of drug-likeness (QED) is 0.388. The first-order chi connectivity index (χ1) is 3.72. The summed E-state index contributed by atoms with van der Waals surface area (Å²) in [5.41, 5.74) is 5.09. The molecule has 4 nitrogen and oxygen atoms in total. The van der Waals surface area contributed by atoms with Gasteiger partial charge in [-0.15, -0.1) is 0 Å². The van der Waals surface area contributed by atoms with E-state index in [1.54, 1.807) is 6.92 Å². The number of carbonyl (C=O) groups is 1. The zero-order valence-corrected chi connectivity index (χ0v) is 4.63. The van der Waals surface area contributed by atoms with Gasteiger partial charge in [-0.1, -0.05) is 6.92 Å². The lowest BCUT2D eigenvalue weighted by atomic mass is 10.2. The van der Waals surface area contributed by atoms with Gasteiger partial charge in [0.25, 0.3) is 0 Å². The highest BCUT2D eigenvalue weighted by molar-refractivity contribution is 5.74. The molecule has 0 heterocycles. The van der Waals surface area contributed by atoms with Crippen LogP contribution in [0.2, 0.25) is 0 Å². The summed E-state index contributed by atoms with van der Waals surface area (Å²) >= 11 is 0. The Bertz CT molecular complexity index is 83.4. The maximum Gasteiger partial charge on any atom is 0.358 e. The largest absolute Gasteiger partial charge is 0.358 e.